The van der Waals surface area contributed by atoms with Crippen LogP contribution in [-0.2, 0) is 13.6 Å². The molecule has 1 heterocycles. The molecule has 0 amide bonds. The summed E-state index contributed by atoms with van der Waals surface area (Å²) >= 11 is 5.76. The fraction of sp³-hybridized carbons (Fsp3) is 0.133. The van der Waals surface area contributed by atoms with Gasteiger partial charge in [0.05, 0.1) is 22.8 Å². The number of halogens is 2. The third kappa shape index (κ3) is 2.34. The number of fused-ring (bicyclic) bond motifs is 1. The molecule has 3 rings (SSSR count). The molecule has 0 bridgehead atoms. The minimum atomic E-state index is -0.416. The van der Waals surface area contributed by atoms with Crippen LogP contribution in [0.5, 0.6) is 0 Å². The molecule has 0 saturated carbocycles. The quantitative estimate of drug-likeness (QED) is 0.790. The van der Waals surface area contributed by atoms with E-state index < -0.39 is 5.82 Å². The Kier molecular flexibility index (Phi) is 3.32. The lowest BCUT2D eigenvalue weighted by Crippen LogP contribution is -2.01. The van der Waals surface area contributed by atoms with Crippen molar-refractivity contribution in [3.63, 3.8) is 0 Å². The normalized spacial score (nSPS) is 10.9. The molecule has 102 valence electrons. The Balaban J connectivity index is 1.85. The third-order valence-electron chi connectivity index (χ3n) is 3.21. The van der Waals surface area contributed by atoms with E-state index in [1.54, 1.807) is 12.1 Å². The van der Waals surface area contributed by atoms with Crippen LogP contribution in [0.2, 0.25) is 5.02 Å². The zero-order valence-electron chi connectivity index (χ0n) is 10.9. The molecule has 2 aromatic carbocycles. The van der Waals surface area contributed by atoms with Gasteiger partial charge in [-0.05, 0) is 24.3 Å². The molecule has 0 radical (unpaired) electrons. The van der Waals surface area contributed by atoms with E-state index in [0.717, 1.165) is 22.3 Å². The number of benzene rings is 2. The minimum Gasteiger partial charge on any atom is -0.379 e. The number of nitrogens with one attached hydrogen (secondary N) is 1. The van der Waals surface area contributed by atoms with Crippen LogP contribution in [0.25, 0.3) is 10.9 Å². The molecule has 0 spiro atoms. The van der Waals surface area contributed by atoms with E-state index in [-0.39, 0.29) is 5.02 Å². The molecule has 1 aromatic heterocycles. The van der Waals surface area contributed by atoms with Gasteiger partial charge in [0.1, 0.15) is 5.82 Å². The highest BCUT2D eigenvalue weighted by Gasteiger charge is 2.08. The highest BCUT2D eigenvalue weighted by atomic mass is 35.5. The first-order chi connectivity index (χ1) is 9.65. The second-order valence-corrected chi connectivity index (χ2v) is 4.98. The van der Waals surface area contributed by atoms with Gasteiger partial charge in [0, 0.05) is 18.1 Å². The summed E-state index contributed by atoms with van der Waals surface area (Å²) in [7, 11) is 1.92. The Bertz CT molecular complexity index is 767. The molecule has 0 fully saturated rings. The van der Waals surface area contributed by atoms with Crippen LogP contribution >= 0.6 is 11.6 Å². The lowest BCUT2D eigenvalue weighted by atomic mass is 10.2. The summed E-state index contributed by atoms with van der Waals surface area (Å²) < 4.78 is 14.9. The summed E-state index contributed by atoms with van der Waals surface area (Å²) in [6.45, 7) is 0.559. The zero-order valence-corrected chi connectivity index (χ0v) is 11.7. The van der Waals surface area contributed by atoms with Gasteiger partial charge in [-0.1, -0.05) is 29.8 Å². The summed E-state index contributed by atoms with van der Waals surface area (Å²) in [6.07, 6.45) is 0. The summed E-state index contributed by atoms with van der Waals surface area (Å²) in [6, 6.07) is 12.6. The predicted octanol–water partition coefficient (Wildman–Crippen LogP) is 3.98. The fourth-order valence-corrected chi connectivity index (χ4v) is 2.39. The van der Waals surface area contributed by atoms with Crippen molar-refractivity contribution in [2.24, 2.45) is 7.05 Å². The van der Waals surface area contributed by atoms with Gasteiger partial charge in [-0.15, -0.1) is 0 Å². The standard InChI is InChI=1S/C15H13ClFN3/c1-20-15-5-3-2-4-11(15)14(19-20)9-18-10-6-7-13(17)12(16)8-10/h2-8,18H,9H2,1H3. The number of para-hydroxylation sites is 1. The van der Waals surface area contributed by atoms with Gasteiger partial charge in [-0.2, -0.15) is 5.10 Å². The molecule has 0 aliphatic rings. The van der Waals surface area contributed by atoms with Gasteiger partial charge in [0.25, 0.3) is 0 Å². The maximum atomic E-state index is 13.1. The summed E-state index contributed by atoms with van der Waals surface area (Å²) in [5.74, 6) is -0.416. The number of hydrogen-bond acceptors (Lipinski definition) is 2. The Morgan fingerprint density at radius 2 is 2.05 bits per heavy atom. The van der Waals surface area contributed by atoms with E-state index >= 15 is 0 Å². The molecule has 20 heavy (non-hydrogen) atoms. The van der Waals surface area contributed by atoms with E-state index in [9.17, 15) is 4.39 Å². The van der Waals surface area contributed by atoms with E-state index in [1.165, 1.54) is 6.07 Å². The Hall–Kier alpha value is -2.07. The predicted molar refractivity (Wildman–Crippen MR) is 79.5 cm³/mol. The Morgan fingerprint density at radius 3 is 2.85 bits per heavy atom. The van der Waals surface area contributed by atoms with Crippen molar-refractivity contribution in [2.45, 2.75) is 6.54 Å². The largest absolute Gasteiger partial charge is 0.379 e. The molecule has 1 N–H and O–H groups in total. The smallest absolute Gasteiger partial charge is 0.141 e. The summed E-state index contributed by atoms with van der Waals surface area (Å²) in [4.78, 5) is 0. The van der Waals surface area contributed by atoms with Gasteiger partial charge in [-0.3, -0.25) is 4.68 Å². The fourth-order valence-electron chi connectivity index (χ4n) is 2.21. The van der Waals surface area contributed by atoms with Crippen molar-refractivity contribution < 1.29 is 4.39 Å². The molecule has 3 nitrogen and oxygen atoms in total. The van der Waals surface area contributed by atoms with Crippen molar-refractivity contribution in [3.8, 4) is 0 Å². The highest BCUT2D eigenvalue weighted by molar-refractivity contribution is 6.31. The van der Waals surface area contributed by atoms with Gasteiger partial charge in [-0.25, -0.2) is 4.39 Å². The molecule has 0 atom stereocenters. The molecule has 0 aliphatic heterocycles. The molecule has 3 aromatic rings. The van der Waals surface area contributed by atoms with Crippen LogP contribution < -0.4 is 5.32 Å². The Morgan fingerprint density at radius 1 is 1.25 bits per heavy atom. The Labute approximate surface area is 121 Å². The molecule has 0 saturated heterocycles. The summed E-state index contributed by atoms with van der Waals surface area (Å²) in [5, 5.41) is 8.92. The van der Waals surface area contributed by atoms with Gasteiger partial charge >= 0.3 is 0 Å². The van der Waals surface area contributed by atoms with Crippen molar-refractivity contribution in [1.82, 2.24) is 9.78 Å². The van der Waals surface area contributed by atoms with Gasteiger partial charge in [0.15, 0.2) is 0 Å². The molecule has 0 unspecified atom stereocenters. The van der Waals surface area contributed by atoms with Crippen molar-refractivity contribution >= 4 is 28.2 Å². The zero-order chi connectivity index (χ0) is 14.1. The second-order valence-electron chi connectivity index (χ2n) is 4.57. The van der Waals surface area contributed by atoms with Crippen molar-refractivity contribution in [2.75, 3.05) is 5.32 Å². The molecular formula is C15H13ClFN3. The van der Waals surface area contributed by atoms with Crippen LogP contribution in [0.4, 0.5) is 10.1 Å². The van der Waals surface area contributed by atoms with Crippen molar-refractivity contribution in [3.05, 3.63) is 59.0 Å². The van der Waals surface area contributed by atoms with Crippen LogP contribution in [0.3, 0.4) is 0 Å². The molecule has 0 aliphatic carbocycles. The van der Waals surface area contributed by atoms with Crippen LogP contribution in [0.15, 0.2) is 42.5 Å². The summed E-state index contributed by atoms with van der Waals surface area (Å²) in [5.41, 5.74) is 2.80. The highest BCUT2D eigenvalue weighted by Crippen LogP contribution is 2.21. The number of aryl methyl sites for hydroxylation is 1. The maximum absolute atomic E-state index is 13.1. The maximum Gasteiger partial charge on any atom is 0.141 e. The molecule has 5 heteroatoms. The van der Waals surface area contributed by atoms with E-state index in [1.807, 2.05) is 36.0 Å². The lowest BCUT2D eigenvalue weighted by Gasteiger charge is -2.05. The van der Waals surface area contributed by atoms with Gasteiger partial charge in [0.2, 0.25) is 0 Å². The number of nitrogens with zero attached hydrogens (tertiary/aromatic N) is 2. The van der Waals surface area contributed by atoms with Crippen LogP contribution in [0, 0.1) is 5.82 Å². The molecular weight excluding hydrogens is 277 g/mol. The van der Waals surface area contributed by atoms with E-state index in [2.05, 4.69) is 10.4 Å². The first-order valence-electron chi connectivity index (χ1n) is 6.24. The number of hydrogen-bond donors (Lipinski definition) is 1. The van der Waals surface area contributed by atoms with E-state index in [4.69, 9.17) is 11.6 Å². The minimum absolute atomic E-state index is 0.112. The SMILES string of the molecule is Cn1nc(CNc2ccc(F)c(Cl)c2)c2ccccc21. The van der Waals surface area contributed by atoms with Gasteiger partial charge < -0.3 is 5.32 Å². The third-order valence-corrected chi connectivity index (χ3v) is 3.50. The number of rotatable bonds is 3. The average Bonchev–Trinajstić information content (AvgIpc) is 2.78. The first-order valence-corrected chi connectivity index (χ1v) is 6.62. The second kappa shape index (κ2) is 5.13. The number of anilines is 1. The van der Waals surface area contributed by atoms with Crippen molar-refractivity contribution in [1.29, 1.82) is 0 Å². The number of aromatic nitrogens is 2. The first kappa shape index (κ1) is 12.9. The van der Waals surface area contributed by atoms with Crippen LogP contribution in [0.1, 0.15) is 5.69 Å². The average molecular weight is 290 g/mol. The topological polar surface area (TPSA) is 29.9 Å². The van der Waals surface area contributed by atoms with Crippen LogP contribution in [-0.4, -0.2) is 9.78 Å². The lowest BCUT2D eigenvalue weighted by molar-refractivity contribution is 0.628. The monoisotopic (exact) mass is 289 g/mol. The van der Waals surface area contributed by atoms with E-state index in [0.29, 0.717) is 6.54 Å².